The van der Waals surface area contributed by atoms with E-state index < -0.39 is 0 Å². The second-order valence-electron chi connectivity index (χ2n) is 4.39. The van der Waals surface area contributed by atoms with Gasteiger partial charge in [-0.25, -0.2) is 4.79 Å². The summed E-state index contributed by atoms with van der Waals surface area (Å²) in [5.74, 6) is 0. The van der Waals surface area contributed by atoms with Gasteiger partial charge < -0.3 is 15.4 Å². The SMILES string of the molecule is O=C(NCCCn1cccn1)NCC1CCCO1. The van der Waals surface area contributed by atoms with Crippen molar-refractivity contribution in [3.8, 4) is 0 Å². The number of aryl methyl sites for hydroxylation is 1. The molecule has 1 aliphatic heterocycles. The molecule has 2 amide bonds. The molecule has 0 saturated carbocycles. The molecule has 1 aromatic heterocycles. The average molecular weight is 252 g/mol. The number of nitrogens with one attached hydrogen (secondary N) is 2. The first kappa shape index (κ1) is 12.9. The lowest BCUT2D eigenvalue weighted by molar-refractivity contribution is 0.111. The van der Waals surface area contributed by atoms with Crippen LogP contribution in [0.25, 0.3) is 0 Å². The van der Waals surface area contributed by atoms with Crippen molar-refractivity contribution in [1.82, 2.24) is 20.4 Å². The molecule has 1 aromatic rings. The van der Waals surface area contributed by atoms with E-state index in [1.165, 1.54) is 0 Å². The van der Waals surface area contributed by atoms with Crippen LogP contribution < -0.4 is 10.6 Å². The normalized spacial score (nSPS) is 18.8. The number of urea groups is 1. The van der Waals surface area contributed by atoms with Crippen molar-refractivity contribution in [1.29, 1.82) is 0 Å². The number of carbonyl (C=O) groups is 1. The van der Waals surface area contributed by atoms with Crippen molar-refractivity contribution in [3.63, 3.8) is 0 Å². The molecule has 1 fully saturated rings. The van der Waals surface area contributed by atoms with Crippen molar-refractivity contribution >= 4 is 6.03 Å². The Balaban J connectivity index is 1.49. The summed E-state index contributed by atoms with van der Waals surface area (Å²) in [6.45, 7) is 2.89. The molecule has 6 nitrogen and oxygen atoms in total. The van der Waals surface area contributed by atoms with Crippen molar-refractivity contribution in [2.75, 3.05) is 19.7 Å². The summed E-state index contributed by atoms with van der Waals surface area (Å²) in [5, 5.41) is 9.74. The van der Waals surface area contributed by atoms with E-state index in [1.807, 2.05) is 16.9 Å². The van der Waals surface area contributed by atoms with Gasteiger partial charge >= 0.3 is 6.03 Å². The highest BCUT2D eigenvalue weighted by Gasteiger charge is 2.15. The number of ether oxygens (including phenoxy) is 1. The Morgan fingerprint density at radius 2 is 2.44 bits per heavy atom. The summed E-state index contributed by atoms with van der Waals surface area (Å²) in [6, 6.07) is 1.77. The van der Waals surface area contributed by atoms with E-state index in [0.29, 0.717) is 13.1 Å². The van der Waals surface area contributed by atoms with Gasteiger partial charge in [-0.05, 0) is 25.3 Å². The van der Waals surface area contributed by atoms with E-state index in [-0.39, 0.29) is 12.1 Å². The molecule has 100 valence electrons. The molecule has 1 aliphatic rings. The summed E-state index contributed by atoms with van der Waals surface area (Å²) in [6.07, 6.45) is 6.87. The maximum atomic E-state index is 11.5. The Labute approximate surface area is 107 Å². The number of hydrogen-bond donors (Lipinski definition) is 2. The third kappa shape index (κ3) is 4.37. The Hall–Kier alpha value is -1.56. The van der Waals surface area contributed by atoms with Crippen LogP contribution in [0.3, 0.4) is 0 Å². The Kier molecular flexibility index (Phi) is 5.01. The van der Waals surface area contributed by atoms with Crippen LogP contribution in [-0.2, 0) is 11.3 Å². The monoisotopic (exact) mass is 252 g/mol. The third-order valence-corrected chi connectivity index (χ3v) is 2.92. The second kappa shape index (κ2) is 7.00. The summed E-state index contributed by atoms with van der Waals surface area (Å²) in [7, 11) is 0. The second-order valence-corrected chi connectivity index (χ2v) is 4.39. The predicted molar refractivity (Wildman–Crippen MR) is 67.2 cm³/mol. The molecule has 2 heterocycles. The van der Waals surface area contributed by atoms with Crippen LogP contribution in [0.4, 0.5) is 4.79 Å². The topological polar surface area (TPSA) is 68.2 Å². The van der Waals surface area contributed by atoms with Crippen LogP contribution in [0.15, 0.2) is 18.5 Å². The molecule has 1 saturated heterocycles. The molecular weight excluding hydrogens is 232 g/mol. The van der Waals surface area contributed by atoms with Gasteiger partial charge in [0, 0.05) is 38.6 Å². The fraction of sp³-hybridized carbons (Fsp3) is 0.667. The summed E-state index contributed by atoms with van der Waals surface area (Å²) < 4.78 is 7.28. The minimum atomic E-state index is -0.119. The van der Waals surface area contributed by atoms with Gasteiger partial charge in [-0.15, -0.1) is 0 Å². The van der Waals surface area contributed by atoms with Crippen LogP contribution in [0.1, 0.15) is 19.3 Å². The zero-order valence-corrected chi connectivity index (χ0v) is 10.5. The third-order valence-electron chi connectivity index (χ3n) is 2.92. The molecule has 0 spiro atoms. The van der Waals surface area contributed by atoms with E-state index >= 15 is 0 Å². The Morgan fingerprint density at radius 3 is 3.17 bits per heavy atom. The number of aromatic nitrogens is 2. The lowest BCUT2D eigenvalue weighted by Gasteiger charge is -2.11. The van der Waals surface area contributed by atoms with E-state index in [0.717, 1.165) is 32.4 Å². The van der Waals surface area contributed by atoms with Gasteiger partial charge in [0.2, 0.25) is 0 Å². The molecule has 18 heavy (non-hydrogen) atoms. The van der Waals surface area contributed by atoms with E-state index in [4.69, 9.17) is 4.74 Å². The largest absolute Gasteiger partial charge is 0.376 e. The number of nitrogens with zero attached hydrogens (tertiary/aromatic N) is 2. The van der Waals surface area contributed by atoms with Gasteiger partial charge in [0.25, 0.3) is 0 Å². The number of hydrogen-bond acceptors (Lipinski definition) is 3. The molecule has 2 rings (SSSR count). The van der Waals surface area contributed by atoms with Gasteiger partial charge in [0.05, 0.1) is 6.10 Å². The highest BCUT2D eigenvalue weighted by atomic mass is 16.5. The minimum absolute atomic E-state index is 0.119. The van der Waals surface area contributed by atoms with Crippen molar-refractivity contribution in [3.05, 3.63) is 18.5 Å². The van der Waals surface area contributed by atoms with E-state index in [2.05, 4.69) is 15.7 Å². The summed E-state index contributed by atoms with van der Waals surface area (Å²) >= 11 is 0. The van der Waals surface area contributed by atoms with Crippen molar-refractivity contribution < 1.29 is 9.53 Å². The molecule has 0 bridgehead atoms. The molecule has 1 atom stereocenters. The Morgan fingerprint density at radius 1 is 1.50 bits per heavy atom. The van der Waals surface area contributed by atoms with Crippen LogP contribution >= 0.6 is 0 Å². The Bertz CT molecular complexity index is 347. The fourth-order valence-corrected chi connectivity index (χ4v) is 1.95. The summed E-state index contributed by atoms with van der Waals surface area (Å²) in [4.78, 5) is 11.5. The number of amides is 2. The van der Waals surface area contributed by atoms with Gasteiger partial charge in [-0.2, -0.15) is 5.10 Å². The summed E-state index contributed by atoms with van der Waals surface area (Å²) in [5.41, 5.74) is 0. The molecule has 1 unspecified atom stereocenters. The van der Waals surface area contributed by atoms with Gasteiger partial charge in [-0.3, -0.25) is 4.68 Å². The van der Waals surface area contributed by atoms with Crippen LogP contribution in [-0.4, -0.2) is 41.6 Å². The minimum Gasteiger partial charge on any atom is -0.376 e. The number of carbonyl (C=O) groups excluding carboxylic acids is 1. The molecule has 2 N–H and O–H groups in total. The quantitative estimate of drug-likeness (QED) is 0.734. The fourth-order valence-electron chi connectivity index (χ4n) is 1.95. The van der Waals surface area contributed by atoms with Crippen molar-refractivity contribution in [2.24, 2.45) is 0 Å². The zero-order chi connectivity index (χ0) is 12.6. The first-order chi connectivity index (χ1) is 8.84. The van der Waals surface area contributed by atoms with Gasteiger partial charge in [0.1, 0.15) is 0 Å². The predicted octanol–water partition coefficient (Wildman–Crippen LogP) is 0.751. The number of rotatable bonds is 6. The maximum absolute atomic E-state index is 11.5. The lowest BCUT2D eigenvalue weighted by atomic mass is 10.2. The molecular formula is C12H20N4O2. The first-order valence-electron chi connectivity index (χ1n) is 6.45. The van der Waals surface area contributed by atoms with Crippen LogP contribution in [0.5, 0.6) is 0 Å². The average Bonchev–Trinajstić information content (AvgIpc) is 3.04. The van der Waals surface area contributed by atoms with E-state index in [1.54, 1.807) is 6.20 Å². The highest BCUT2D eigenvalue weighted by Crippen LogP contribution is 2.10. The maximum Gasteiger partial charge on any atom is 0.314 e. The molecule has 6 heteroatoms. The molecule has 0 aliphatic carbocycles. The van der Waals surface area contributed by atoms with Crippen molar-refractivity contribution in [2.45, 2.75) is 31.9 Å². The smallest absolute Gasteiger partial charge is 0.314 e. The molecule has 0 radical (unpaired) electrons. The van der Waals surface area contributed by atoms with Crippen LogP contribution in [0.2, 0.25) is 0 Å². The van der Waals surface area contributed by atoms with Gasteiger partial charge in [0.15, 0.2) is 0 Å². The lowest BCUT2D eigenvalue weighted by Crippen LogP contribution is -2.40. The highest BCUT2D eigenvalue weighted by molar-refractivity contribution is 5.73. The van der Waals surface area contributed by atoms with Gasteiger partial charge in [-0.1, -0.05) is 0 Å². The first-order valence-corrected chi connectivity index (χ1v) is 6.45. The molecule has 0 aromatic carbocycles. The zero-order valence-electron chi connectivity index (χ0n) is 10.5. The van der Waals surface area contributed by atoms with E-state index in [9.17, 15) is 4.79 Å². The van der Waals surface area contributed by atoms with Crippen LogP contribution in [0, 0.1) is 0 Å². The standard InChI is InChI=1S/C12H20N4O2/c17-12(14-10-11-4-1-9-18-11)13-5-2-7-16-8-3-6-15-16/h3,6,8,11H,1-2,4-5,7,9-10H2,(H2,13,14,17).